The smallest absolute Gasteiger partial charge is 0.260 e. The van der Waals surface area contributed by atoms with Gasteiger partial charge < -0.3 is 14.7 Å². The third-order valence-corrected chi connectivity index (χ3v) is 3.58. The van der Waals surface area contributed by atoms with Crippen LogP contribution in [0, 0.1) is 11.6 Å². The minimum Gasteiger partial charge on any atom is -0.494 e. The zero-order valence-electron chi connectivity index (χ0n) is 13.8. The molecule has 0 saturated heterocycles. The molecule has 2 aromatic carbocycles. The van der Waals surface area contributed by atoms with E-state index in [2.05, 4.69) is 0 Å². The second-order valence-corrected chi connectivity index (χ2v) is 5.23. The lowest BCUT2D eigenvalue weighted by atomic mass is 10.1. The summed E-state index contributed by atoms with van der Waals surface area (Å²) in [4.78, 5) is 13.7. The maximum atomic E-state index is 14.3. The molecule has 0 radical (unpaired) electrons. The number of nitrogens with zero attached hydrogens (tertiary/aromatic N) is 1. The molecule has 2 rings (SSSR count). The van der Waals surface area contributed by atoms with Crippen LogP contribution in [0.15, 0.2) is 48.5 Å². The Bertz CT molecular complexity index is 748. The maximum Gasteiger partial charge on any atom is 0.260 e. The molecule has 0 aliphatic rings. The fourth-order valence-corrected chi connectivity index (χ4v) is 2.32. The van der Waals surface area contributed by atoms with Gasteiger partial charge in [-0.05, 0) is 17.7 Å². The first-order valence-electron chi connectivity index (χ1n) is 7.72. The number of hydrogen-bond acceptors (Lipinski definition) is 3. The van der Waals surface area contributed by atoms with Gasteiger partial charge in [-0.2, -0.15) is 0 Å². The van der Waals surface area contributed by atoms with Crippen molar-refractivity contribution in [1.82, 2.24) is 4.90 Å². The van der Waals surface area contributed by atoms with E-state index in [4.69, 9.17) is 9.84 Å². The number of halogens is 2. The highest BCUT2D eigenvalue weighted by Gasteiger charge is 2.25. The van der Waals surface area contributed by atoms with Crippen molar-refractivity contribution >= 4 is 12.0 Å². The van der Waals surface area contributed by atoms with Gasteiger partial charge in [-0.3, -0.25) is 4.79 Å². The highest BCUT2D eigenvalue weighted by molar-refractivity contribution is 5.95. The normalized spacial score (nSPS) is 10.9. The fraction of sp³-hybridized carbons (Fsp3) is 0.211. The van der Waals surface area contributed by atoms with Crippen molar-refractivity contribution in [2.24, 2.45) is 0 Å². The van der Waals surface area contributed by atoms with Crippen molar-refractivity contribution in [2.45, 2.75) is 0 Å². The first-order valence-corrected chi connectivity index (χ1v) is 7.72. The van der Waals surface area contributed by atoms with Crippen LogP contribution in [0.1, 0.15) is 15.9 Å². The minimum absolute atomic E-state index is 0.0476. The van der Waals surface area contributed by atoms with E-state index >= 15 is 0 Å². The second-order valence-electron chi connectivity index (χ2n) is 5.23. The van der Waals surface area contributed by atoms with Crippen LogP contribution in [-0.4, -0.2) is 42.7 Å². The highest BCUT2D eigenvalue weighted by Crippen LogP contribution is 2.24. The molecule has 0 saturated carbocycles. The molecule has 0 atom stereocenters. The van der Waals surface area contributed by atoms with Crippen molar-refractivity contribution in [1.29, 1.82) is 0 Å². The quantitative estimate of drug-likeness (QED) is 0.837. The molecule has 2 aromatic rings. The van der Waals surface area contributed by atoms with Gasteiger partial charge in [-0.1, -0.05) is 42.5 Å². The Morgan fingerprint density at radius 1 is 1.20 bits per heavy atom. The number of aliphatic hydroxyl groups is 1. The molecule has 4 nitrogen and oxygen atoms in total. The predicted octanol–water partition coefficient (Wildman–Crippen LogP) is 3.12. The second kappa shape index (κ2) is 8.94. The van der Waals surface area contributed by atoms with Gasteiger partial charge in [0.25, 0.3) is 5.91 Å². The van der Waals surface area contributed by atoms with Gasteiger partial charge in [0.05, 0.1) is 13.7 Å². The van der Waals surface area contributed by atoms with E-state index in [1.54, 1.807) is 12.2 Å². The van der Waals surface area contributed by atoms with Gasteiger partial charge in [0, 0.05) is 13.1 Å². The summed E-state index contributed by atoms with van der Waals surface area (Å²) in [6, 6.07) is 11.5. The van der Waals surface area contributed by atoms with Gasteiger partial charge >= 0.3 is 0 Å². The van der Waals surface area contributed by atoms with Crippen LogP contribution in [0.3, 0.4) is 0 Å². The summed E-state index contributed by atoms with van der Waals surface area (Å²) in [5.41, 5.74) is 0.235. The molecule has 0 aliphatic heterocycles. The Kier molecular flexibility index (Phi) is 6.65. The van der Waals surface area contributed by atoms with E-state index in [9.17, 15) is 13.6 Å². The summed E-state index contributed by atoms with van der Waals surface area (Å²) in [6.45, 7) is -0.267. The summed E-state index contributed by atoms with van der Waals surface area (Å²) in [7, 11) is 1.23. The van der Waals surface area contributed by atoms with Crippen molar-refractivity contribution in [3.05, 3.63) is 71.3 Å². The molecule has 25 heavy (non-hydrogen) atoms. The SMILES string of the molecule is COc1ccc(F)c(C(=O)N(CC=Cc2ccccc2)CCO)c1F. The predicted molar refractivity (Wildman–Crippen MR) is 91.4 cm³/mol. The van der Waals surface area contributed by atoms with E-state index in [1.165, 1.54) is 12.0 Å². The zero-order valence-corrected chi connectivity index (χ0v) is 13.8. The molecule has 0 spiro atoms. The molecular formula is C19H19F2NO3. The molecule has 0 unspecified atom stereocenters. The van der Waals surface area contributed by atoms with Crippen molar-refractivity contribution in [3.63, 3.8) is 0 Å². The van der Waals surface area contributed by atoms with Gasteiger partial charge in [-0.25, -0.2) is 8.78 Å². The van der Waals surface area contributed by atoms with E-state index in [-0.39, 0.29) is 25.4 Å². The Balaban J connectivity index is 2.22. The van der Waals surface area contributed by atoms with E-state index in [0.29, 0.717) is 0 Å². The van der Waals surface area contributed by atoms with Gasteiger partial charge in [-0.15, -0.1) is 0 Å². The molecule has 6 heteroatoms. The van der Waals surface area contributed by atoms with E-state index in [1.807, 2.05) is 30.3 Å². The average Bonchev–Trinajstić information content (AvgIpc) is 2.62. The number of rotatable bonds is 7. The van der Waals surface area contributed by atoms with Crippen LogP contribution in [0.25, 0.3) is 6.08 Å². The minimum atomic E-state index is -1.05. The molecule has 1 N–H and O–H groups in total. The average molecular weight is 347 g/mol. The van der Waals surface area contributed by atoms with Gasteiger partial charge in [0.1, 0.15) is 11.4 Å². The lowest BCUT2D eigenvalue weighted by Crippen LogP contribution is -2.35. The number of methoxy groups -OCH3 is 1. The van der Waals surface area contributed by atoms with Crippen molar-refractivity contribution in [3.8, 4) is 5.75 Å². The number of aliphatic hydroxyl groups excluding tert-OH is 1. The van der Waals surface area contributed by atoms with E-state index in [0.717, 1.165) is 17.7 Å². The number of ether oxygens (including phenoxy) is 1. The molecule has 0 heterocycles. The number of carbonyl (C=O) groups is 1. The lowest BCUT2D eigenvalue weighted by molar-refractivity contribution is 0.0732. The molecule has 132 valence electrons. The van der Waals surface area contributed by atoms with Crippen LogP contribution >= 0.6 is 0 Å². The lowest BCUT2D eigenvalue weighted by Gasteiger charge is -2.21. The number of carbonyl (C=O) groups excluding carboxylic acids is 1. The monoisotopic (exact) mass is 347 g/mol. The Hall–Kier alpha value is -2.73. The van der Waals surface area contributed by atoms with Crippen molar-refractivity contribution in [2.75, 3.05) is 26.8 Å². The fourth-order valence-electron chi connectivity index (χ4n) is 2.32. The third-order valence-electron chi connectivity index (χ3n) is 3.58. The molecule has 0 aliphatic carbocycles. The number of hydrogen-bond donors (Lipinski definition) is 1. The number of benzene rings is 2. The Morgan fingerprint density at radius 2 is 1.92 bits per heavy atom. The summed E-state index contributed by atoms with van der Waals surface area (Å²) >= 11 is 0. The summed E-state index contributed by atoms with van der Waals surface area (Å²) in [6.07, 6.45) is 3.48. The summed E-state index contributed by atoms with van der Waals surface area (Å²) in [5, 5.41) is 9.16. The standard InChI is InChI=1S/C19H19F2NO3/c1-25-16-10-9-15(20)17(18(16)21)19(24)22(12-13-23)11-5-8-14-6-3-2-4-7-14/h2-10,23H,11-13H2,1H3. The largest absolute Gasteiger partial charge is 0.494 e. The first-order chi connectivity index (χ1) is 12.1. The van der Waals surface area contributed by atoms with E-state index < -0.39 is 23.1 Å². The van der Waals surface area contributed by atoms with Crippen molar-refractivity contribution < 1.29 is 23.4 Å². The van der Waals surface area contributed by atoms with Crippen LogP contribution in [-0.2, 0) is 0 Å². The highest BCUT2D eigenvalue weighted by atomic mass is 19.1. The Labute approximate surface area is 145 Å². The zero-order chi connectivity index (χ0) is 18.2. The molecule has 1 amide bonds. The van der Waals surface area contributed by atoms with Gasteiger partial charge in [0.2, 0.25) is 0 Å². The summed E-state index contributed by atoms with van der Waals surface area (Å²) in [5.74, 6) is -3.09. The molecular weight excluding hydrogens is 328 g/mol. The topological polar surface area (TPSA) is 49.8 Å². The first kappa shape index (κ1) is 18.6. The van der Waals surface area contributed by atoms with Crippen LogP contribution in [0.4, 0.5) is 8.78 Å². The number of amides is 1. The summed E-state index contributed by atoms with van der Waals surface area (Å²) < 4.78 is 33.1. The van der Waals surface area contributed by atoms with Crippen LogP contribution < -0.4 is 4.74 Å². The van der Waals surface area contributed by atoms with Crippen LogP contribution in [0.5, 0.6) is 5.75 Å². The maximum absolute atomic E-state index is 14.3. The molecule has 0 aromatic heterocycles. The molecule has 0 bridgehead atoms. The van der Waals surface area contributed by atoms with Gasteiger partial charge in [0.15, 0.2) is 11.6 Å². The molecule has 0 fully saturated rings. The van der Waals surface area contributed by atoms with Crippen LogP contribution in [0.2, 0.25) is 0 Å². The third kappa shape index (κ3) is 4.64. The Morgan fingerprint density at radius 3 is 2.56 bits per heavy atom.